The van der Waals surface area contributed by atoms with Crippen molar-refractivity contribution in [2.24, 2.45) is 5.92 Å². The van der Waals surface area contributed by atoms with Crippen LogP contribution in [0.1, 0.15) is 32.6 Å². The number of fused-ring (bicyclic) bond motifs is 1. The van der Waals surface area contributed by atoms with Crippen molar-refractivity contribution in [3.8, 4) is 5.75 Å². The maximum atomic E-state index is 6.44. The van der Waals surface area contributed by atoms with E-state index in [0.29, 0.717) is 6.04 Å². The summed E-state index contributed by atoms with van der Waals surface area (Å²) in [6.07, 6.45) is 5.22. The minimum atomic E-state index is 0.277. The summed E-state index contributed by atoms with van der Waals surface area (Å²) >= 11 is 0. The lowest BCUT2D eigenvalue weighted by molar-refractivity contribution is 0.0897. The molecule has 0 spiro atoms. The SMILES string of the molecule is CCC1CCC(NC)C(Oc2cccc3ccccc23)C1. The van der Waals surface area contributed by atoms with Crippen LogP contribution < -0.4 is 10.1 Å². The molecular weight excluding hydrogens is 258 g/mol. The molecule has 3 atom stereocenters. The van der Waals surface area contributed by atoms with Crippen molar-refractivity contribution in [1.29, 1.82) is 0 Å². The number of benzene rings is 2. The lowest BCUT2D eigenvalue weighted by atomic mass is 9.82. The monoisotopic (exact) mass is 283 g/mol. The van der Waals surface area contributed by atoms with Crippen molar-refractivity contribution in [2.45, 2.75) is 44.8 Å². The van der Waals surface area contributed by atoms with Crippen molar-refractivity contribution in [3.05, 3.63) is 42.5 Å². The van der Waals surface area contributed by atoms with Crippen LogP contribution in [-0.2, 0) is 0 Å². The molecule has 21 heavy (non-hydrogen) atoms. The Hall–Kier alpha value is -1.54. The maximum Gasteiger partial charge on any atom is 0.127 e. The van der Waals surface area contributed by atoms with E-state index in [4.69, 9.17) is 4.74 Å². The van der Waals surface area contributed by atoms with Gasteiger partial charge >= 0.3 is 0 Å². The van der Waals surface area contributed by atoms with Gasteiger partial charge in [-0.3, -0.25) is 0 Å². The lowest BCUT2D eigenvalue weighted by Gasteiger charge is -2.36. The average Bonchev–Trinajstić information content (AvgIpc) is 2.55. The van der Waals surface area contributed by atoms with Gasteiger partial charge in [-0.2, -0.15) is 0 Å². The third-order valence-corrected chi connectivity index (χ3v) is 4.88. The van der Waals surface area contributed by atoms with Crippen LogP contribution in [0, 0.1) is 5.92 Å². The molecule has 0 amide bonds. The van der Waals surface area contributed by atoms with Crippen molar-refractivity contribution in [2.75, 3.05) is 7.05 Å². The van der Waals surface area contributed by atoms with Gasteiger partial charge in [-0.1, -0.05) is 49.7 Å². The highest BCUT2D eigenvalue weighted by atomic mass is 16.5. The van der Waals surface area contributed by atoms with E-state index in [-0.39, 0.29) is 6.10 Å². The number of rotatable bonds is 4. The highest BCUT2D eigenvalue weighted by Gasteiger charge is 2.30. The highest BCUT2D eigenvalue weighted by Crippen LogP contribution is 2.32. The summed E-state index contributed by atoms with van der Waals surface area (Å²) < 4.78 is 6.44. The third kappa shape index (κ3) is 3.06. The second-order valence-corrected chi connectivity index (χ2v) is 6.12. The predicted octanol–water partition coefficient (Wildman–Crippen LogP) is 4.39. The van der Waals surface area contributed by atoms with Crippen LogP contribution >= 0.6 is 0 Å². The molecule has 2 aromatic carbocycles. The van der Waals surface area contributed by atoms with Crippen molar-refractivity contribution in [1.82, 2.24) is 5.32 Å². The first-order chi connectivity index (χ1) is 10.3. The molecule has 2 heteroatoms. The molecule has 0 radical (unpaired) electrons. The fourth-order valence-corrected chi connectivity index (χ4v) is 3.50. The fraction of sp³-hybridized carbons (Fsp3) is 0.474. The van der Waals surface area contributed by atoms with Crippen LogP contribution in [0.5, 0.6) is 5.75 Å². The molecule has 1 aliphatic rings. The summed E-state index contributed by atoms with van der Waals surface area (Å²) in [5, 5.41) is 5.91. The molecule has 3 unspecified atom stereocenters. The molecule has 3 rings (SSSR count). The first kappa shape index (κ1) is 14.4. The van der Waals surface area contributed by atoms with Crippen LogP contribution in [0.4, 0.5) is 0 Å². The second kappa shape index (κ2) is 6.48. The Kier molecular flexibility index (Phi) is 4.45. The Morgan fingerprint density at radius 3 is 2.71 bits per heavy atom. The van der Waals surface area contributed by atoms with Gasteiger partial charge in [0, 0.05) is 11.4 Å². The van der Waals surface area contributed by atoms with Crippen LogP contribution in [0.2, 0.25) is 0 Å². The molecule has 0 heterocycles. The predicted molar refractivity (Wildman–Crippen MR) is 88.8 cm³/mol. The van der Waals surface area contributed by atoms with Crippen molar-refractivity contribution in [3.63, 3.8) is 0 Å². The Labute approximate surface area is 127 Å². The van der Waals surface area contributed by atoms with Crippen LogP contribution in [-0.4, -0.2) is 19.2 Å². The molecule has 0 aromatic heterocycles. The lowest BCUT2D eigenvalue weighted by Crippen LogP contribution is -2.45. The minimum absolute atomic E-state index is 0.277. The first-order valence-corrected chi connectivity index (χ1v) is 8.13. The van der Waals surface area contributed by atoms with Gasteiger partial charge in [0.25, 0.3) is 0 Å². The van der Waals surface area contributed by atoms with E-state index in [9.17, 15) is 0 Å². The van der Waals surface area contributed by atoms with E-state index in [0.717, 1.165) is 18.1 Å². The number of hydrogen-bond acceptors (Lipinski definition) is 2. The molecule has 0 aliphatic heterocycles. The summed E-state index contributed by atoms with van der Waals surface area (Å²) in [7, 11) is 2.05. The smallest absolute Gasteiger partial charge is 0.127 e. The molecule has 1 fully saturated rings. The van der Waals surface area contributed by atoms with Gasteiger partial charge < -0.3 is 10.1 Å². The normalized spacial score (nSPS) is 25.9. The van der Waals surface area contributed by atoms with E-state index >= 15 is 0 Å². The van der Waals surface area contributed by atoms with E-state index in [1.807, 2.05) is 0 Å². The summed E-state index contributed by atoms with van der Waals surface area (Å²) in [5.74, 6) is 1.82. The molecule has 1 N–H and O–H groups in total. The Morgan fingerprint density at radius 2 is 1.90 bits per heavy atom. The summed E-state index contributed by atoms with van der Waals surface area (Å²) in [6.45, 7) is 2.29. The number of nitrogens with one attached hydrogen (secondary N) is 1. The summed E-state index contributed by atoms with van der Waals surface area (Å²) in [4.78, 5) is 0. The Bertz CT molecular complexity index is 590. The molecule has 0 bridgehead atoms. The average molecular weight is 283 g/mol. The van der Waals surface area contributed by atoms with Crippen LogP contribution in [0.25, 0.3) is 10.8 Å². The van der Waals surface area contributed by atoms with E-state index in [1.54, 1.807) is 0 Å². The van der Waals surface area contributed by atoms with Crippen LogP contribution in [0.3, 0.4) is 0 Å². The highest BCUT2D eigenvalue weighted by molar-refractivity contribution is 5.88. The van der Waals surface area contributed by atoms with E-state index in [2.05, 4.69) is 61.8 Å². The van der Waals surface area contributed by atoms with Gasteiger partial charge in [0.1, 0.15) is 11.9 Å². The number of hydrogen-bond donors (Lipinski definition) is 1. The molecule has 2 nitrogen and oxygen atoms in total. The second-order valence-electron chi connectivity index (χ2n) is 6.12. The molecule has 1 aliphatic carbocycles. The summed E-state index contributed by atoms with van der Waals surface area (Å²) in [6, 6.07) is 15.3. The van der Waals surface area contributed by atoms with Gasteiger partial charge in [0.05, 0.1) is 0 Å². The molecular formula is C19H25NO. The summed E-state index contributed by atoms with van der Waals surface area (Å²) in [5.41, 5.74) is 0. The van der Waals surface area contributed by atoms with E-state index < -0.39 is 0 Å². The Balaban J connectivity index is 1.85. The molecule has 2 aromatic rings. The zero-order chi connectivity index (χ0) is 14.7. The van der Waals surface area contributed by atoms with E-state index in [1.165, 1.54) is 30.0 Å². The largest absolute Gasteiger partial charge is 0.488 e. The third-order valence-electron chi connectivity index (χ3n) is 4.88. The fourth-order valence-electron chi connectivity index (χ4n) is 3.50. The zero-order valence-electron chi connectivity index (χ0n) is 13.0. The van der Waals surface area contributed by atoms with Crippen molar-refractivity contribution < 1.29 is 4.74 Å². The topological polar surface area (TPSA) is 21.3 Å². The maximum absolute atomic E-state index is 6.44. The molecule has 1 saturated carbocycles. The number of ether oxygens (including phenoxy) is 1. The molecule has 0 saturated heterocycles. The van der Waals surface area contributed by atoms with Gasteiger partial charge in [-0.25, -0.2) is 0 Å². The Morgan fingerprint density at radius 1 is 1.10 bits per heavy atom. The van der Waals surface area contributed by atoms with Gasteiger partial charge in [-0.15, -0.1) is 0 Å². The van der Waals surface area contributed by atoms with Crippen LogP contribution in [0.15, 0.2) is 42.5 Å². The quantitative estimate of drug-likeness (QED) is 0.898. The standard InChI is InChI=1S/C19H25NO/c1-3-14-11-12-17(20-2)19(13-14)21-18-10-6-8-15-7-4-5-9-16(15)18/h4-10,14,17,19-20H,3,11-13H2,1-2H3. The number of likely N-dealkylation sites (N-methyl/N-ethyl adjacent to an activating group) is 1. The van der Waals surface area contributed by atoms with Crippen molar-refractivity contribution >= 4 is 10.8 Å². The van der Waals surface area contributed by atoms with Gasteiger partial charge in [0.2, 0.25) is 0 Å². The minimum Gasteiger partial charge on any atom is -0.488 e. The first-order valence-electron chi connectivity index (χ1n) is 8.13. The van der Waals surface area contributed by atoms with Gasteiger partial charge in [0.15, 0.2) is 0 Å². The zero-order valence-corrected chi connectivity index (χ0v) is 13.0. The van der Waals surface area contributed by atoms with Gasteiger partial charge in [-0.05, 0) is 43.7 Å². The molecule has 112 valence electrons.